The Labute approximate surface area is 191 Å². The zero-order valence-electron chi connectivity index (χ0n) is 19.4. The van der Waals surface area contributed by atoms with Crippen LogP contribution in [0, 0.1) is 6.92 Å². The van der Waals surface area contributed by atoms with Crippen LogP contribution in [0.4, 0.5) is 13.2 Å². The standard InChI is InChI=1S/C24H28F3N3O3/c1-7-30(16(3)14-32-21-12-11-19(13-29-21)24(25,26)27)23(31)20-10-8-9-15(2)22(20)17(4)33-18(5)28-6/h8-13,16H,4,7,14H2,1-3,5-6H3/b28-18-/t16-/m0/s1. The van der Waals surface area contributed by atoms with Gasteiger partial charge >= 0.3 is 6.18 Å². The minimum absolute atomic E-state index is 0.0469. The van der Waals surface area contributed by atoms with E-state index in [1.807, 2.05) is 19.9 Å². The first kappa shape index (κ1) is 25.9. The van der Waals surface area contributed by atoms with Gasteiger partial charge in [0.05, 0.1) is 17.2 Å². The van der Waals surface area contributed by atoms with Gasteiger partial charge in [0.25, 0.3) is 5.91 Å². The molecule has 0 unspecified atom stereocenters. The van der Waals surface area contributed by atoms with Crippen molar-refractivity contribution < 1.29 is 27.4 Å². The van der Waals surface area contributed by atoms with Crippen molar-refractivity contribution in [2.24, 2.45) is 4.99 Å². The van der Waals surface area contributed by atoms with Gasteiger partial charge in [-0.25, -0.2) is 4.98 Å². The minimum Gasteiger partial charge on any atom is -0.475 e. The number of ether oxygens (including phenoxy) is 2. The van der Waals surface area contributed by atoms with Crippen LogP contribution in [0.5, 0.6) is 5.88 Å². The Bertz CT molecular complexity index is 1020. The zero-order valence-corrected chi connectivity index (χ0v) is 19.4. The number of aliphatic imine (C=N–C) groups is 1. The molecule has 2 rings (SSSR count). The summed E-state index contributed by atoms with van der Waals surface area (Å²) >= 11 is 0. The predicted molar refractivity (Wildman–Crippen MR) is 121 cm³/mol. The first-order valence-electron chi connectivity index (χ1n) is 10.4. The molecule has 0 fully saturated rings. The molecule has 0 radical (unpaired) electrons. The Morgan fingerprint density at radius 1 is 1.27 bits per heavy atom. The molecule has 0 bridgehead atoms. The molecule has 0 aliphatic rings. The number of aryl methyl sites for hydroxylation is 1. The molecule has 1 atom stereocenters. The van der Waals surface area contributed by atoms with Gasteiger partial charge in [-0.05, 0) is 38.5 Å². The van der Waals surface area contributed by atoms with Crippen molar-refractivity contribution in [3.8, 4) is 5.88 Å². The van der Waals surface area contributed by atoms with Crippen molar-refractivity contribution in [1.82, 2.24) is 9.88 Å². The van der Waals surface area contributed by atoms with E-state index >= 15 is 0 Å². The van der Waals surface area contributed by atoms with E-state index < -0.39 is 11.7 Å². The Balaban J connectivity index is 2.19. The van der Waals surface area contributed by atoms with E-state index in [-0.39, 0.29) is 24.4 Å². The maximum Gasteiger partial charge on any atom is 0.417 e. The highest BCUT2D eigenvalue weighted by molar-refractivity contribution is 6.00. The molecule has 6 nitrogen and oxygen atoms in total. The fourth-order valence-electron chi connectivity index (χ4n) is 3.23. The third-order valence-corrected chi connectivity index (χ3v) is 5.04. The molecule has 0 N–H and O–H groups in total. The molecule has 2 aromatic rings. The highest BCUT2D eigenvalue weighted by Crippen LogP contribution is 2.29. The number of nitrogens with zero attached hydrogens (tertiary/aromatic N) is 3. The highest BCUT2D eigenvalue weighted by Gasteiger charge is 2.31. The second kappa shape index (κ2) is 11.0. The highest BCUT2D eigenvalue weighted by atomic mass is 19.4. The van der Waals surface area contributed by atoms with Crippen molar-refractivity contribution in [2.45, 2.75) is 39.9 Å². The normalized spacial score (nSPS) is 12.8. The number of hydrogen-bond donors (Lipinski definition) is 0. The van der Waals surface area contributed by atoms with Crippen LogP contribution in [0.25, 0.3) is 5.76 Å². The van der Waals surface area contributed by atoms with E-state index in [1.54, 1.807) is 37.9 Å². The topological polar surface area (TPSA) is 64.0 Å². The SMILES string of the molecule is C=C(O/C(C)=N\C)c1c(C)cccc1C(=O)N(CC)[C@@H](C)COc1ccc(C(F)(F)F)cn1. The molecular weight excluding hydrogens is 435 g/mol. The number of likely N-dealkylation sites (N-methyl/N-ethyl adjacent to an activating group) is 1. The van der Waals surface area contributed by atoms with Crippen molar-refractivity contribution in [3.05, 3.63) is 65.4 Å². The summed E-state index contributed by atoms with van der Waals surface area (Å²) in [7, 11) is 1.60. The molecule has 0 aliphatic heterocycles. The Morgan fingerprint density at radius 3 is 2.52 bits per heavy atom. The van der Waals surface area contributed by atoms with Gasteiger partial charge in [0.2, 0.25) is 5.88 Å². The molecule has 0 saturated carbocycles. The molecule has 0 saturated heterocycles. The number of carbonyl (C=O) groups is 1. The summed E-state index contributed by atoms with van der Waals surface area (Å²) in [5.74, 6) is 0.530. The van der Waals surface area contributed by atoms with E-state index in [2.05, 4.69) is 16.6 Å². The Hall–Kier alpha value is -3.36. The Morgan fingerprint density at radius 2 is 1.97 bits per heavy atom. The fourth-order valence-corrected chi connectivity index (χ4v) is 3.23. The number of alkyl halides is 3. The molecule has 9 heteroatoms. The number of aromatic nitrogens is 1. The first-order valence-corrected chi connectivity index (χ1v) is 10.4. The molecular formula is C24H28F3N3O3. The van der Waals surface area contributed by atoms with Crippen LogP contribution in [-0.2, 0) is 10.9 Å². The van der Waals surface area contributed by atoms with E-state index in [0.29, 0.717) is 29.3 Å². The summed E-state index contributed by atoms with van der Waals surface area (Å²) in [6.07, 6.45) is -3.75. The van der Waals surface area contributed by atoms with E-state index in [1.165, 1.54) is 0 Å². The molecule has 1 aromatic heterocycles. The lowest BCUT2D eigenvalue weighted by Crippen LogP contribution is -2.42. The number of halogens is 3. The first-order chi connectivity index (χ1) is 15.5. The quantitative estimate of drug-likeness (QED) is 0.300. The third-order valence-electron chi connectivity index (χ3n) is 5.04. The monoisotopic (exact) mass is 463 g/mol. The number of benzene rings is 1. The van der Waals surface area contributed by atoms with Gasteiger partial charge in [-0.3, -0.25) is 9.79 Å². The van der Waals surface area contributed by atoms with E-state index in [9.17, 15) is 18.0 Å². The molecule has 0 spiro atoms. The average Bonchev–Trinajstić information content (AvgIpc) is 2.77. The summed E-state index contributed by atoms with van der Waals surface area (Å²) in [6, 6.07) is 7.02. The van der Waals surface area contributed by atoms with Crippen molar-refractivity contribution in [2.75, 3.05) is 20.2 Å². The lowest BCUT2D eigenvalue weighted by atomic mass is 9.99. The summed E-state index contributed by atoms with van der Waals surface area (Å²) in [4.78, 5) is 22.7. The lowest BCUT2D eigenvalue weighted by molar-refractivity contribution is -0.137. The summed E-state index contributed by atoms with van der Waals surface area (Å²) in [5, 5.41) is 0. The van der Waals surface area contributed by atoms with Crippen molar-refractivity contribution in [3.63, 3.8) is 0 Å². The van der Waals surface area contributed by atoms with E-state index in [4.69, 9.17) is 9.47 Å². The number of hydrogen-bond acceptors (Lipinski definition) is 5. The molecule has 1 heterocycles. The zero-order chi connectivity index (χ0) is 24.8. The van der Waals surface area contributed by atoms with Crippen LogP contribution < -0.4 is 4.74 Å². The second-order valence-corrected chi connectivity index (χ2v) is 7.40. The largest absolute Gasteiger partial charge is 0.475 e. The lowest BCUT2D eigenvalue weighted by Gasteiger charge is -2.29. The number of amides is 1. The minimum atomic E-state index is -4.47. The fraction of sp³-hybridized carbons (Fsp3) is 0.375. The molecule has 1 aromatic carbocycles. The molecule has 1 amide bonds. The Kier molecular flexibility index (Phi) is 8.62. The van der Waals surface area contributed by atoms with Gasteiger partial charge in [-0.15, -0.1) is 0 Å². The summed E-state index contributed by atoms with van der Waals surface area (Å²) < 4.78 is 49.3. The third kappa shape index (κ3) is 6.57. The molecule has 0 aliphatic carbocycles. The molecule has 178 valence electrons. The van der Waals surface area contributed by atoms with Crippen LogP contribution in [-0.4, -0.2) is 47.9 Å². The van der Waals surface area contributed by atoms with Gasteiger partial charge in [-0.1, -0.05) is 18.7 Å². The summed E-state index contributed by atoms with van der Waals surface area (Å²) in [6.45, 7) is 11.6. The maximum absolute atomic E-state index is 13.4. The van der Waals surface area contributed by atoms with Gasteiger partial charge in [0.1, 0.15) is 12.4 Å². The van der Waals surface area contributed by atoms with Crippen LogP contribution in [0.15, 0.2) is 48.1 Å². The van der Waals surface area contributed by atoms with Gasteiger partial charge in [0.15, 0.2) is 5.90 Å². The summed E-state index contributed by atoms with van der Waals surface area (Å²) in [5.41, 5.74) is 0.974. The van der Waals surface area contributed by atoms with Gasteiger partial charge in [-0.2, -0.15) is 13.2 Å². The van der Waals surface area contributed by atoms with Gasteiger partial charge in [0, 0.05) is 38.3 Å². The predicted octanol–water partition coefficient (Wildman–Crippen LogP) is 5.37. The average molecular weight is 464 g/mol. The number of pyridine rings is 1. The second-order valence-electron chi connectivity index (χ2n) is 7.40. The maximum atomic E-state index is 13.4. The number of carbonyl (C=O) groups excluding carboxylic acids is 1. The number of rotatable bonds is 8. The van der Waals surface area contributed by atoms with Crippen LogP contribution in [0.1, 0.15) is 47.8 Å². The van der Waals surface area contributed by atoms with Crippen LogP contribution >= 0.6 is 0 Å². The van der Waals surface area contributed by atoms with Crippen molar-refractivity contribution in [1.29, 1.82) is 0 Å². The van der Waals surface area contributed by atoms with Crippen LogP contribution in [0.3, 0.4) is 0 Å². The van der Waals surface area contributed by atoms with Gasteiger partial charge < -0.3 is 14.4 Å². The van der Waals surface area contributed by atoms with E-state index in [0.717, 1.165) is 23.9 Å². The van der Waals surface area contributed by atoms with Crippen molar-refractivity contribution >= 4 is 17.6 Å². The molecule has 33 heavy (non-hydrogen) atoms. The smallest absolute Gasteiger partial charge is 0.417 e. The van der Waals surface area contributed by atoms with Crippen LogP contribution in [0.2, 0.25) is 0 Å².